The molecule has 0 heterocycles. The summed E-state index contributed by atoms with van der Waals surface area (Å²) < 4.78 is 0. The van der Waals surface area contributed by atoms with Crippen LogP contribution in [-0.4, -0.2) is 219 Å². The normalized spacial score (nSPS) is 9.00. The zero-order chi connectivity index (χ0) is 31.9. The second-order valence-corrected chi connectivity index (χ2v) is 7.43. The average Bonchev–Trinajstić information content (AvgIpc) is 2.64. The Labute approximate surface area is 315 Å². The standard InChI is InChI=1S/3C6H8O7.5Al.3O/c3*7-3(8)1-6(13,5(11)12)2-4(9)10;;;;;;;;/h3*13H,1-2H2,(H,7,8)(H,9,10)(H,11,12);;;;;;;;/q;;;5*+3;3*-2. The van der Waals surface area contributed by atoms with Crippen LogP contribution in [0.5, 0.6) is 0 Å². The molecular formula is C18H24Al5O24+9. The summed E-state index contributed by atoms with van der Waals surface area (Å²) in [7, 11) is 0. The molecule has 0 amide bonds. The molecule has 0 spiro atoms. The number of rotatable bonds is 15. The van der Waals surface area contributed by atoms with Crippen LogP contribution in [0.4, 0.5) is 0 Å². The van der Waals surface area contributed by atoms with Crippen LogP contribution in [0.25, 0.3) is 0 Å². The third-order valence-electron chi connectivity index (χ3n) is 3.86. The van der Waals surface area contributed by atoms with Gasteiger partial charge in [-0.15, -0.1) is 0 Å². The van der Waals surface area contributed by atoms with Gasteiger partial charge in [-0.2, -0.15) is 0 Å². The van der Waals surface area contributed by atoms with Crippen molar-refractivity contribution in [2.45, 2.75) is 55.3 Å². The monoisotopic (exact) mass is 759 g/mol. The van der Waals surface area contributed by atoms with Gasteiger partial charge < -0.3 is 77.7 Å². The first-order valence-corrected chi connectivity index (χ1v) is 9.51. The molecule has 246 valence electrons. The van der Waals surface area contributed by atoms with Crippen molar-refractivity contribution in [3.05, 3.63) is 0 Å². The minimum atomic E-state index is -2.74. The van der Waals surface area contributed by atoms with Crippen LogP contribution in [0.15, 0.2) is 0 Å². The first-order valence-electron chi connectivity index (χ1n) is 9.51. The maximum absolute atomic E-state index is 10.3. The maximum atomic E-state index is 10.3. The van der Waals surface area contributed by atoms with Gasteiger partial charge in [0.05, 0.1) is 38.5 Å². The number of carboxylic acids is 9. The van der Waals surface area contributed by atoms with Crippen molar-refractivity contribution in [2.24, 2.45) is 0 Å². The van der Waals surface area contributed by atoms with Gasteiger partial charge in [-0.1, -0.05) is 0 Å². The Bertz CT molecular complexity index is 831. The third kappa shape index (κ3) is 36.3. The third-order valence-corrected chi connectivity index (χ3v) is 3.86. The Hall–Kier alpha value is -2.35. The van der Waals surface area contributed by atoms with E-state index in [2.05, 4.69) is 0 Å². The fraction of sp³-hybridized carbons (Fsp3) is 0.500. The predicted octanol–water partition coefficient (Wildman–Crippen LogP) is -6.01. The molecule has 0 aliphatic heterocycles. The fourth-order valence-corrected chi connectivity index (χ4v) is 2.14. The van der Waals surface area contributed by atoms with Crippen molar-refractivity contribution in [3.8, 4) is 0 Å². The van der Waals surface area contributed by atoms with E-state index in [9.17, 15) is 43.2 Å². The number of carbonyl (C=O) groups is 9. The Morgan fingerprint density at radius 1 is 0.298 bits per heavy atom. The summed E-state index contributed by atoms with van der Waals surface area (Å²) in [6, 6.07) is 0. The molecule has 0 atom stereocenters. The molecule has 0 aromatic rings. The Balaban J connectivity index is -0.0000000424. The molecule has 0 aliphatic carbocycles. The van der Waals surface area contributed by atoms with E-state index in [-0.39, 0.29) is 103 Å². The quantitative estimate of drug-likeness (QED) is 0.0691. The summed E-state index contributed by atoms with van der Waals surface area (Å²) in [4.78, 5) is 91.5. The van der Waals surface area contributed by atoms with Gasteiger partial charge in [-0.25, -0.2) is 14.4 Å². The van der Waals surface area contributed by atoms with Crippen molar-refractivity contribution >= 4 is 141 Å². The van der Waals surface area contributed by atoms with Gasteiger partial charge in [0.2, 0.25) is 0 Å². The minimum Gasteiger partial charge on any atom is -2.00 e. The maximum Gasteiger partial charge on any atom is 3.00 e. The van der Waals surface area contributed by atoms with Crippen LogP contribution < -0.4 is 0 Å². The van der Waals surface area contributed by atoms with E-state index in [1.165, 1.54) is 0 Å². The molecule has 0 saturated carbocycles. The zero-order valence-electron chi connectivity index (χ0n) is 23.4. The van der Waals surface area contributed by atoms with Crippen LogP contribution >= 0.6 is 0 Å². The molecule has 0 aromatic carbocycles. The number of carboxylic acid groups (broad SMARTS) is 9. The number of aliphatic carboxylic acids is 9. The summed E-state index contributed by atoms with van der Waals surface area (Å²) in [5, 5.41) is 101. The summed E-state index contributed by atoms with van der Waals surface area (Å²) in [6.07, 6.45) is -6.87. The summed E-state index contributed by atoms with van der Waals surface area (Å²) in [5.74, 6) is -15.1. The first-order chi connectivity index (χ1) is 17.3. The predicted molar refractivity (Wildman–Crippen MR) is 142 cm³/mol. The second kappa shape index (κ2) is 33.5. The molecule has 0 rings (SSSR count). The molecule has 12 N–H and O–H groups in total. The number of aliphatic hydroxyl groups is 3. The zero-order valence-corrected chi connectivity index (χ0v) is 29.2. The van der Waals surface area contributed by atoms with E-state index >= 15 is 0 Å². The van der Waals surface area contributed by atoms with Crippen LogP contribution in [0, 0.1) is 0 Å². The Kier molecular flexibility index (Phi) is 53.6. The molecule has 29 heteroatoms. The van der Waals surface area contributed by atoms with Gasteiger partial charge in [0.1, 0.15) is 0 Å². The van der Waals surface area contributed by atoms with Crippen molar-refractivity contribution in [3.63, 3.8) is 0 Å². The van der Waals surface area contributed by atoms with Gasteiger partial charge in [-0.3, -0.25) is 28.8 Å². The van der Waals surface area contributed by atoms with Gasteiger partial charge in [0.25, 0.3) is 0 Å². The summed E-state index contributed by atoms with van der Waals surface area (Å²) in [6.45, 7) is 0. The molecule has 24 nitrogen and oxygen atoms in total. The van der Waals surface area contributed by atoms with Crippen molar-refractivity contribution in [1.82, 2.24) is 0 Å². The average molecular weight is 759 g/mol. The van der Waals surface area contributed by atoms with Crippen molar-refractivity contribution < 1.29 is 121 Å². The Morgan fingerprint density at radius 2 is 0.383 bits per heavy atom. The van der Waals surface area contributed by atoms with E-state index in [1.807, 2.05) is 0 Å². The van der Waals surface area contributed by atoms with Crippen molar-refractivity contribution in [2.75, 3.05) is 0 Å². The molecule has 0 unspecified atom stereocenters. The topological polar surface area (TPSA) is 482 Å². The SMILES string of the molecule is O=C(O)CC(O)(CC(=O)O)C(=O)O.O=C(O)CC(O)(CC(=O)O)C(=O)O.O=C(O)CC(O)(CC(=O)O)C(=O)O.[Al+3].[Al+3].[Al+3].[Al+3].[Al+3].[O-2].[O-2].[O-2]. The molecule has 47 heavy (non-hydrogen) atoms. The largest absolute Gasteiger partial charge is 3.00 e. The van der Waals surface area contributed by atoms with Crippen LogP contribution in [0.1, 0.15) is 38.5 Å². The molecule has 0 bridgehead atoms. The summed E-state index contributed by atoms with van der Waals surface area (Å²) in [5.41, 5.74) is -8.22. The van der Waals surface area contributed by atoms with Crippen LogP contribution in [0.3, 0.4) is 0 Å². The van der Waals surface area contributed by atoms with Crippen LogP contribution in [0.2, 0.25) is 0 Å². The molecule has 0 saturated heterocycles. The second-order valence-electron chi connectivity index (χ2n) is 7.43. The Morgan fingerprint density at radius 3 is 0.426 bits per heavy atom. The number of hydrogen-bond donors (Lipinski definition) is 12. The first kappa shape index (κ1) is 75.1. The van der Waals surface area contributed by atoms with E-state index in [1.54, 1.807) is 0 Å². The molecule has 0 fully saturated rings. The smallest absolute Gasteiger partial charge is 2.00 e. The van der Waals surface area contributed by atoms with Crippen molar-refractivity contribution in [1.29, 1.82) is 0 Å². The van der Waals surface area contributed by atoms with E-state index in [0.717, 1.165) is 0 Å². The van der Waals surface area contributed by atoms with E-state index < -0.39 is 109 Å². The summed E-state index contributed by atoms with van der Waals surface area (Å²) >= 11 is 0. The number of hydrogen-bond acceptors (Lipinski definition) is 12. The van der Waals surface area contributed by atoms with Crippen LogP contribution in [-0.2, 0) is 59.6 Å². The molecular weight excluding hydrogens is 735 g/mol. The molecule has 0 aliphatic rings. The molecule has 0 aromatic heterocycles. The van der Waals surface area contributed by atoms with Gasteiger partial charge in [0, 0.05) is 0 Å². The van der Waals surface area contributed by atoms with Gasteiger partial charge in [0.15, 0.2) is 16.8 Å². The van der Waals surface area contributed by atoms with E-state index in [4.69, 9.17) is 61.3 Å². The van der Waals surface area contributed by atoms with Gasteiger partial charge >= 0.3 is 141 Å². The van der Waals surface area contributed by atoms with E-state index in [0.29, 0.717) is 0 Å². The minimum absolute atomic E-state index is 0. The fourth-order valence-electron chi connectivity index (χ4n) is 2.14. The van der Waals surface area contributed by atoms with Gasteiger partial charge in [-0.05, 0) is 0 Å². The molecule has 0 radical (unpaired) electrons.